The Kier molecular flexibility index (Phi) is 7.39. The first-order chi connectivity index (χ1) is 9.17. The van der Waals surface area contributed by atoms with Gasteiger partial charge in [0.2, 0.25) is 11.8 Å². The van der Waals surface area contributed by atoms with Gasteiger partial charge in [-0.05, 0) is 40.5 Å². The Labute approximate surface area is 121 Å². The lowest BCUT2D eigenvalue weighted by Crippen LogP contribution is -2.43. The summed E-state index contributed by atoms with van der Waals surface area (Å²) in [5.41, 5.74) is -1.95. The van der Waals surface area contributed by atoms with Crippen molar-refractivity contribution in [1.82, 2.24) is 10.6 Å². The Hall–Kier alpha value is -1.46. The van der Waals surface area contributed by atoms with E-state index in [0.717, 1.165) is 12.8 Å². The molecule has 6 nitrogen and oxygen atoms in total. The maximum absolute atomic E-state index is 11.9. The van der Waals surface area contributed by atoms with E-state index in [1.54, 1.807) is 27.7 Å². The van der Waals surface area contributed by atoms with Crippen LogP contribution in [0.15, 0.2) is 10.2 Å². The third kappa shape index (κ3) is 6.12. The lowest BCUT2D eigenvalue weighted by molar-refractivity contribution is -0.127. The molecule has 2 amide bonds. The van der Waals surface area contributed by atoms with Crippen molar-refractivity contribution in [3.05, 3.63) is 0 Å². The first-order valence-corrected chi connectivity index (χ1v) is 7.18. The number of amides is 2. The summed E-state index contributed by atoms with van der Waals surface area (Å²) >= 11 is 0. The molecule has 20 heavy (non-hydrogen) atoms. The van der Waals surface area contributed by atoms with Crippen molar-refractivity contribution in [2.24, 2.45) is 10.2 Å². The molecule has 0 bridgehead atoms. The summed E-state index contributed by atoms with van der Waals surface area (Å²) in [4.78, 5) is 23.8. The largest absolute Gasteiger partial charge is 0.354 e. The number of nitrogens with one attached hydrogen (secondary N) is 2. The monoisotopic (exact) mass is 284 g/mol. The molecule has 0 aliphatic heterocycles. The molecular formula is C14H28N4O2. The lowest BCUT2D eigenvalue weighted by atomic mass is 10.0. The predicted molar refractivity (Wildman–Crippen MR) is 79.6 cm³/mol. The van der Waals surface area contributed by atoms with Gasteiger partial charge in [0.05, 0.1) is 0 Å². The summed E-state index contributed by atoms with van der Waals surface area (Å²) in [6.45, 7) is 11.9. The summed E-state index contributed by atoms with van der Waals surface area (Å²) in [5, 5.41) is 13.7. The lowest BCUT2D eigenvalue weighted by Gasteiger charge is -2.22. The minimum absolute atomic E-state index is 0.187. The van der Waals surface area contributed by atoms with Crippen molar-refractivity contribution < 1.29 is 9.59 Å². The number of nitrogens with zero attached hydrogens (tertiary/aromatic N) is 2. The van der Waals surface area contributed by atoms with Gasteiger partial charge in [-0.2, -0.15) is 10.2 Å². The number of azo groups is 1. The van der Waals surface area contributed by atoms with Crippen LogP contribution in [0, 0.1) is 0 Å². The third-order valence-electron chi connectivity index (χ3n) is 2.73. The highest BCUT2D eigenvalue weighted by molar-refractivity contribution is 5.86. The summed E-state index contributed by atoms with van der Waals surface area (Å²) < 4.78 is 0. The van der Waals surface area contributed by atoms with Crippen molar-refractivity contribution in [3.8, 4) is 0 Å². The number of hydrogen-bond acceptors (Lipinski definition) is 4. The molecule has 0 aliphatic carbocycles. The fraction of sp³-hybridized carbons (Fsp3) is 0.857. The van der Waals surface area contributed by atoms with Crippen molar-refractivity contribution in [1.29, 1.82) is 0 Å². The van der Waals surface area contributed by atoms with E-state index in [1.807, 2.05) is 13.8 Å². The molecule has 0 rings (SSSR count). The van der Waals surface area contributed by atoms with E-state index < -0.39 is 11.1 Å². The summed E-state index contributed by atoms with van der Waals surface area (Å²) in [7, 11) is 0. The van der Waals surface area contributed by atoms with Crippen LogP contribution in [-0.2, 0) is 9.59 Å². The first kappa shape index (κ1) is 18.5. The SMILES string of the molecule is CCCNC(=O)C(C)(C)/N=N/C(C)(C)C(=O)NCCC. The fourth-order valence-electron chi connectivity index (χ4n) is 1.25. The van der Waals surface area contributed by atoms with Crippen molar-refractivity contribution >= 4 is 11.8 Å². The summed E-state index contributed by atoms with van der Waals surface area (Å²) in [6, 6.07) is 0. The molecule has 0 aliphatic rings. The van der Waals surface area contributed by atoms with E-state index in [2.05, 4.69) is 20.9 Å². The van der Waals surface area contributed by atoms with Gasteiger partial charge >= 0.3 is 0 Å². The number of carbonyl (C=O) groups excluding carboxylic acids is 2. The Balaban J connectivity index is 4.72. The topological polar surface area (TPSA) is 82.9 Å². The molecule has 0 saturated carbocycles. The van der Waals surface area contributed by atoms with Crippen LogP contribution in [0.25, 0.3) is 0 Å². The van der Waals surface area contributed by atoms with Crippen LogP contribution >= 0.6 is 0 Å². The zero-order valence-electron chi connectivity index (χ0n) is 13.5. The molecule has 0 atom stereocenters. The first-order valence-electron chi connectivity index (χ1n) is 7.18. The Morgan fingerprint density at radius 3 is 1.35 bits per heavy atom. The molecule has 0 radical (unpaired) electrons. The van der Waals surface area contributed by atoms with E-state index in [-0.39, 0.29) is 11.8 Å². The second-order valence-electron chi connectivity index (χ2n) is 5.83. The molecule has 0 aromatic carbocycles. The second-order valence-corrected chi connectivity index (χ2v) is 5.83. The number of hydrogen-bond donors (Lipinski definition) is 2. The average molecular weight is 284 g/mol. The summed E-state index contributed by atoms with van der Waals surface area (Å²) in [6.07, 6.45) is 1.73. The fourth-order valence-corrected chi connectivity index (χ4v) is 1.25. The highest BCUT2D eigenvalue weighted by Gasteiger charge is 2.31. The Morgan fingerprint density at radius 2 is 1.10 bits per heavy atom. The van der Waals surface area contributed by atoms with Gasteiger partial charge in [0, 0.05) is 13.1 Å². The van der Waals surface area contributed by atoms with Crippen molar-refractivity contribution in [3.63, 3.8) is 0 Å². The molecule has 0 aromatic heterocycles. The maximum Gasteiger partial charge on any atom is 0.249 e. The molecule has 0 aromatic rings. The molecule has 116 valence electrons. The van der Waals surface area contributed by atoms with Gasteiger partial charge in [0.25, 0.3) is 0 Å². The van der Waals surface area contributed by atoms with E-state index in [4.69, 9.17) is 0 Å². The second kappa shape index (κ2) is 7.97. The molecule has 0 unspecified atom stereocenters. The molecular weight excluding hydrogens is 256 g/mol. The number of rotatable bonds is 8. The highest BCUT2D eigenvalue weighted by Crippen LogP contribution is 2.16. The van der Waals surface area contributed by atoms with E-state index in [0.29, 0.717) is 13.1 Å². The molecule has 0 heterocycles. The van der Waals surface area contributed by atoms with Crippen LogP contribution in [0.2, 0.25) is 0 Å². The average Bonchev–Trinajstić information content (AvgIpc) is 2.39. The van der Waals surface area contributed by atoms with Gasteiger partial charge in [-0.1, -0.05) is 13.8 Å². The zero-order chi connectivity index (χ0) is 15.8. The standard InChI is InChI=1S/C14H28N4O2/c1-7-9-15-11(19)13(3,4)17-18-14(5,6)12(20)16-10-8-2/h7-10H2,1-6H3,(H,15,19)(H,16,20)/b18-17+. The van der Waals surface area contributed by atoms with Gasteiger partial charge < -0.3 is 10.6 Å². The molecule has 0 fully saturated rings. The van der Waals surface area contributed by atoms with Crippen LogP contribution in [0.5, 0.6) is 0 Å². The molecule has 2 N–H and O–H groups in total. The third-order valence-corrected chi connectivity index (χ3v) is 2.73. The van der Waals surface area contributed by atoms with Gasteiger partial charge in [0.1, 0.15) is 0 Å². The minimum Gasteiger partial charge on any atom is -0.354 e. The van der Waals surface area contributed by atoms with Gasteiger partial charge in [-0.3, -0.25) is 9.59 Å². The van der Waals surface area contributed by atoms with Gasteiger partial charge in [0.15, 0.2) is 11.1 Å². The Bertz CT molecular complexity index is 328. The van der Waals surface area contributed by atoms with Crippen LogP contribution in [0.3, 0.4) is 0 Å². The normalized spacial score (nSPS) is 12.5. The smallest absolute Gasteiger partial charge is 0.249 e. The quantitative estimate of drug-likeness (QED) is 0.669. The van der Waals surface area contributed by atoms with Gasteiger partial charge in [-0.25, -0.2) is 0 Å². The van der Waals surface area contributed by atoms with Crippen LogP contribution in [0.1, 0.15) is 54.4 Å². The highest BCUT2D eigenvalue weighted by atomic mass is 16.2. The van der Waals surface area contributed by atoms with Crippen LogP contribution in [-0.4, -0.2) is 36.0 Å². The molecule has 0 spiro atoms. The molecule has 6 heteroatoms. The van der Waals surface area contributed by atoms with Gasteiger partial charge in [-0.15, -0.1) is 0 Å². The molecule has 0 saturated heterocycles. The summed E-state index contributed by atoms with van der Waals surface area (Å²) in [5.74, 6) is -0.374. The van der Waals surface area contributed by atoms with Crippen molar-refractivity contribution in [2.45, 2.75) is 65.5 Å². The zero-order valence-corrected chi connectivity index (χ0v) is 13.5. The Morgan fingerprint density at radius 1 is 0.800 bits per heavy atom. The number of carbonyl (C=O) groups is 2. The van der Waals surface area contributed by atoms with Crippen molar-refractivity contribution in [2.75, 3.05) is 13.1 Å². The van der Waals surface area contributed by atoms with Crippen LogP contribution in [0.4, 0.5) is 0 Å². The van der Waals surface area contributed by atoms with Crippen LogP contribution < -0.4 is 10.6 Å². The van der Waals surface area contributed by atoms with E-state index in [1.165, 1.54) is 0 Å². The minimum atomic E-state index is -0.975. The predicted octanol–water partition coefficient (Wildman–Crippen LogP) is 2.05. The van der Waals surface area contributed by atoms with E-state index in [9.17, 15) is 9.59 Å². The maximum atomic E-state index is 11.9. The van der Waals surface area contributed by atoms with E-state index >= 15 is 0 Å².